The maximum atomic E-state index is 14.5. The first-order valence-electron chi connectivity index (χ1n) is 25.5. The summed E-state index contributed by atoms with van der Waals surface area (Å²) >= 11 is 0. The molecule has 0 spiro atoms. The number of benzene rings is 2. The Morgan fingerprint density at radius 1 is 0.764 bits per heavy atom. The van der Waals surface area contributed by atoms with E-state index in [4.69, 9.17) is 14.2 Å². The number of carboxylic acid groups (broad SMARTS) is 1. The van der Waals surface area contributed by atoms with E-state index in [1.165, 1.54) is 44.2 Å². The number of aromatic hydroxyl groups is 1. The normalized spacial score (nSPS) is 23.0. The Kier molecular flexibility index (Phi) is 16.6. The summed E-state index contributed by atoms with van der Waals surface area (Å²) in [6.45, 7) is 16.5. The lowest BCUT2D eigenvalue weighted by Gasteiger charge is -2.41. The number of carbonyl (C=O) groups is 5. The predicted octanol–water partition coefficient (Wildman–Crippen LogP) is 8.22. The van der Waals surface area contributed by atoms with E-state index in [1.54, 1.807) is 11.8 Å². The van der Waals surface area contributed by atoms with Crippen LogP contribution < -0.4 is 19.5 Å². The van der Waals surface area contributed by atoms with Gasteiger partial charge in [0.05, 0.1) is 36.4 Å². The molecule has 7 rings (SSSR count). The van der Waals surface area contributed by atoms with Crippen LogP contribution in [0.1, 0.15) is 163 Å². The predicted molar refractivity (Wildman–Crippen MR) is 271 cm³/mol. The van der Waals surface area contributed by atoms with Crippen molar-refractivity contribution in [1.82, 2.24) is 20.0 Å². The standard InChI is InChI=1S/C56H74N4O12/c1-33(2)14-9-16-35(5)18-11-21-55(7)46(62)28-39-44(61)26-37-41(49(39)71-55)30-58(51(37)65)24-13-20-43(53(67)68)60-31-42-38(52(60)66)27-45(70-54(69)59-25-23-57-48(64)32-59)40-29-47(63)56(8,72-50(40)42)22-12-19-36(6)17-10-15-34(3)4/h14-15,18-19,26-27,43,46-47,61-63H,9-13,16-17,20-25,28-32H2,1-8H3,(H,57,64)(H,67,68)/b35-18+,36-19+/t43-,46-,47-,55+,56+/m0/s1. The Labute approximate surface area is 423 Å². The van der Waals surface area contributed by atoms with Crippen molar-refractivity contribution in [2.24, 2.45) is 0 Å². The monoisotopic (exact) mass is 995 g/mol. The molecule has 5 heterocycles. The number of fused-ring (bicyclic) bond motifs is 6. The first-order valence-corrected chi connectivity index (χ1v) is 25.5. The van der Waals surface area contributed by atoms with Gasteiger partial charge in [0.15, 0.2) is 0 Å². The van der Waals surface area contributed by atoms with Crippen molar-refractivity contribution in [3.05, 3.63) is 92.1 Å². The maximum Gasteiger partial charge on any atom is 0.415 e. The van der Waals surface area contributed by atoms with Gasteiger partial charge < -0.3 is 49.8 Å². The summed E-state index contributed by atoms with van der Waals surface area (Å²) in [5, 5.41) is 47.5. The van der Waals surface area contributed by atoms with E-state index in [9.17, 15) is 44.4 Å². The molecule has 2 aromatic carbocycles. The van der Waals surface area contributed by atoms with Crippen LogP contribution in [-0.4, -0.2) is 121 Å². The van der Waals surface area contributed by atoms with E-state index < -0.39 is 47.4 Å². The summed E-state index contributed by atoms with van der Waals surface area (Å²) < 4.78 is 19.2. The number of phenols is 1. The summed E-state index contributed by atoms with van der Waals surface area (Å²) in [5.74, 6) is -2.05. The number of piperazine rings is 1. The molecular formula is C56H74N4O12. The molecule has 0 unspecified atom stereocenters. The van der Waals surface area contributed by atoms with Gasteiger partial charge in [-0.3, -0.25) is 19.3 Å². The van der Waals surface area contributed by atoms with Crippen LogP contribution >= 0.6 is 0 Å². The van der Waals surface area contributed by atoms with Crippen molar-refractivity contribution < 1.29 is 58.6 Å². The van der Waals surface area contributed by atoms with Crippen molar-refractivity contribution >= 4 is 29.8 Å². The zero-order valence-electron chi connectivity index (χ0n) is 43.3. The largest absolute Gasteiger partial charge is 0.508 e. The van der Waals surface area contributed by atoms with E-state index >= 15 is 0 Å². The van der Waals surface area contributed by atoms with E-state index in [-0.39, 0.29) is 105 Å². The molecule has 5 N–H and O–H groups in total. The molecule has 16 nitrogen and oxygen atoms in total. The lowest BCUT2D eigenvalue weighted by Crippen LogP contribution is -2.51. The topological polar surface area (TPSA) is 216 Å². The second-order valence-corrected chi connectivity index (χ2v) is 21.3. The van der Waals surface area contributed by atoms with E-state index in [2.05, 4.69) is 71.2 Å². The first-order chi connectivity index (χ1) is 34.1. The maximum absolute atomic E-state index is 14.5. The van der Waals surface area contributed by atoms with Crippen molar-refractivity contribution in [1.29, 1.82) is 0 Å². The van der Waals surface area contributed by atoms with Crippen LogP contribution in [0.3, 0.4) is 0 Å². The summed E-state index contributed by atoms with van der Waals surface area (Å²) in [7, 11) is 0. The number of aliphatic carboxylic acids is 1. The van der Waals surface area contributed by atoms with Crippen LogP contribution in [0.5, 0.6) is 23.0 Å². The SMILES string of the molecule is CC(C)=CCC/C(C)=C/CC[C@@]1(C)Oc2c(c(O)cc3c2CN(CCC[C@@H](C(=O)O)N2Cc4c(cc(OC(=O)N5CCNC(=O)C5)c5c4O[C@](C)(CC/C=C(\C)CCC=C(C)C)[C@@H](O)C5)C2=O)C3=O)C[C@@H]1O. The Bertz CT molecular complexity index is 2590. The summed E-state index contributed by atoms with van der Waals surface area (Å²) in [6.07, 6.45) is 12.2. The number of hydrogen-bond acceptors (Lipinski definition) is 11. The zero-order chi connectivity index (χ0) is 52.2. The first kappa shape index (κ1) is 53.7. The fourth-order valence-electron chi connectivity index (χ4n) is 10.4. The summed E-state index contributed by atoms with van der Waals surface area (Å²) in [6, 6.07) is 1.51. The third-order valence-electron chi connectivity index (χ3n) is 15.0. The molecule has 1 fully saturated rings. The molecular weight excluding hydrogens is 921 g/mol. The van der Waals surface area contributed by atoms with Crippen LogP contribution in [0.4, 0.5) is 4.79 Å². The van der Waals surface area contributed by atoms with Gasteiger partial charge in [-0.1, -0.05) is 46.6 Å². The van der Waals surface area contributed by atoms with Crippen molar-refractivity contribution in [3.8, 4) is 23.0 Å². The number of allylic oxidation sites excluding steroid dienone is 8. The fourth-order valence-corrected chi connectivity index (χ4v) is 10.4. The van der Waals surface area contributed by atoms with Crippen molar-refractivity contribution in [2.45, 2.75) is 175 Å². The lowest BCUT2D eigenvalue weighted by molar-refractivity contribution is -0.142. The molecule has 16 heteroatoms. The average Bonchev–Trinajstić information content (AvgIpc) is 3.80. The second-order valence-electron chi connectivity index (χ2n) is 21.3. The highest BCUT2D eigenvalue weighted by atomic mass is 16.6. The number of nitrogens with zero attached hydrogens (tertiary/aromatic N) is 3. The summed E-state index contributed by atoms with van der Waals surface area (Å²) in [5.41, 5.74) is 5.09. The average molecular weight is 995 g/mol. The number of amides is 4. The highest BCUT2D eigenvalue weighted by molar-refractivity contribution is 6.02. The van der Waals surface area contributed by atoms with Gasteiger partial charge in [-0.2, -0.15) is 0 Å². The molecule has 0 bridgehead atoms. The Hall–Kier alpha value is -6.13. The third-order valence-corrected chi connectivity index (χ3v) is 15.0. The Morgan fingerprint density at radius 2 is 1.32 bits per heavy atom. The van der Waals surface area contributed by atoms with Gasteiger partial charge in [0, 0.05) is 54.7 Å². The number of ether oxygens (including phenoxy) is 3. The fraction of sp³-hybridized carbons (Fsp3) is 0.554. The number of aliphatic hydroxyl groups excluding tert-OH is 2. The Morgan fingerprint density at radius 3 is 1.89 bits per heavy atom. The molecule has 5 aliphatic rings. The molecule has 5 atom stereocenters. The number of carbonyl (C=O) groups excluding carboxylic acids is 4. The van der Waals surface area contributed by atoms with Gasteiger partial charge in [0.25, 0.3) is 11.8 Å². The van der Waals surface area contributed by atoms with Crippen LogP contribution in [0.2, 0.25) is 0 Å². The minimum atomic E-state index is -1.31. The number of carboxylic acids is 1. The molecule has 4 amide bonds. The smallest absolute Gasteiger partial charge is 0.415 e. The van der Waals surface area contributed by atoms with Crippen LogP contribution in [0, 0.1) is 0 Å². The molecule has 0 aliphatic carbocycles. The van der Waals surface area contributed by atoms with Gasteiger partial charge in [-0.05, 0) is 132 Å². The molecule has 0 saturated carbocycles. The van der Waals surface area contributed by atoms with E-state index in [0.29, 0.717) is 53.7 Å². The molecule has 0 radical (unpaired) electrons. The minimum absolute atomic E-state index is 0.0156. The number of aliphatic hydroxyl groups is 2. The van der Waals surface area contributed by atoms with Crippen LogP contribution in [0.15, 0.2) is 58.7 Å². The quantitative estimate of drug-likeness (QED) is 0.0842. The number of nitrogens with one attached hydrogen (secondary N) is 1. The van der Waals surface area contributed by atoms with Gasteiger partial charge in [0.1, 0.15) is 46.8 Å². The third kappa shape index (κ3) is 11.9. The highest BCUT2D eigenvalue weighted by Crippen LogP contribution is 2.49. The summed E-state index contributed by atoms with van der Waals surface area (Å²) in [4.78, 5) is 71.2. The van der Waals surface area contributed by atoms with Gasteiger partial charge in [0.2, 0.25) is 5.91 Å². The minimum Gasteiger partial charge on any atom is -0.508 e. The molecule has 2 aromatic rings. The molecule has 1 saturated heterocycles. The molecule has 390 valence electrons. The van der Waals surface area contributed by atoms with E-state index in [0.717, 1.165) is 25.7 Å². The molecule has 0 aromatic heterocycles. The lowest BCUT2D eigenvalue weighted by atomic mass is 9.84. The zero-order valence-corrected chi connectivity index (χ0v) is 43.3. The van der Waals surface area contributed by atoms with Crippen LogP contribution in [-0.2, 0) is 35.5 Å². The van der Waals surface area contributed by atoms with Gasteiger partial charge in [-0.25, -0.2) is 9.59 Å². The molecule has 72 heavy (non-hydrogen) atoms. The van der Waals surface area contributed by atoms with Crippen LogP contribution in [0.25, 0.3) is 0 Å². The van der Waals surface area contributed by atoms with E-state index in [1.807, 2.05) is 6.92 Å². The van der Waals surface area contributed by atoms with Gasteiger partial charge in [-0.15, -0.1) is 0 Å². The van der Waals surface area contributed by atoms with Crippen molar-refractivity contribution in [3.63, 3.8) is 0 Å². The van der Waals surface area contributed by atoms with Gasteiger partial charge >= 0.3 is 12.1 Å². The Balaban J connectivity index is 1.07. The van der Waals surface area contributed by atoms with Crippen molar-refractivity contribution in [2.75, 3.05) is 26.2 Å². The number of hydrogen-bond donors (Lipinski definition) is 5. The highest BCUT2D eigenvalue weighted by Gasteiger charge is 2.48. The second kappa shape index (κ2) is 22.3. The molecule has 5 aliphatic heterocycles. The number of rotatable bonds is 19. The number of phenolic OH excluding ortho intramolecular Hbond substituents is 1.